The van der Waals surface area contributed by atoms with Crippen LogP contribution in [0.1, 0.15) is 59.0 Å². The van der Waals surface area contributed by atoms with E-state index in [1.54, 1.807) is 0 Å². The van der Waals surface area contributed by atoms with Crippen molar-refractivity contribution < 1.29 is 0 Å². The van der Waals surface area contributed by atoms with E-state index in [1.807, 2.05) is 62.3 Å². The molecule has 0 saturated heterocycles. The van der Waals surface area contributed by atoms with Gasteiger partial charge in [-0.05, 0) is 20.8 Å². The van der Waals surface area contributed by atoms with Gasteiger partial charge in [0.2, 0.25) is 0 Å². The van der Waals surface area contributed by atoms with Gasteiger partial charge in [0.1, 0.15) is 55.4 Å². The van der Waals surface area contributed by atoms with E-state index in [4.69, 9.17) is 0 Å². The SMILES string of the molecule is CC.CC.CC.Cc1ncncn1.Cc1ncncn1.Cc1ncncn1. The average Bonchev–Trinajstić information content (AvgIpc) is 2.75. The topological polar surface area (TPSA) is 116 Å². The summed E-state index contributed by atoms with van der Waals surface area (Å²) in [7, 11) is 0. The number of rotatable bonds is 0. The van der Waals surface area contributed by atoms with Crippen LogP contribution >= 0.6 is 0 Å². The Morgan fingerprint density at radius 2 is 0.519 bits per heavy atom. The summed E-state index contributed by atoms with van der Waals surface area (Å²) in [6.07, 6.45) is 8.85. The maximum absolute atomic E-state index is 3.76. The molecule has 0 aliphatic heterocycles. The Morgan fingerprint density at radius 1 is 0.370 bits per heavy atom. The molecule has 0 spiro atoms. The third kappa shape index (κ3) is 23.0. The lowest BCUT2D eigenvalue weighted by atomic mass is 10.7. The summed E-state index contributed by atoms with van der Waals surface area (Å²) in [4.78, 5) is 33.4. The minimum absolute atomic E-state index is 0.759. The first kappa shape index (κ1) is 28.8. The number of aromatic nitrogens is 9. The molecule has 9 nitrogen and oxygen atoms in total. The highest BCUT2D eigenvalue weighted by Gasteiger charge is 1.76. The quantitative estimate of drug-likeness (QED) is 0.580. The van der Waals surface area contributed by atoms with Crippen LogP contribution in [-0.4, -0.2) is 44.9 Å². The molecule has 3 heterocycles. The first-order chi connectivity index (χ1) is 13.2. The van der Waals surface area contributed by atoms with E-state index in [-0.39, 0.29) is 0 Å². The van der Waals surface area contributed by atoms with Crippen LogP contribution in [0.25, 0.3) is 0 Å². The zero-order valence-electron chi connectivity index (χ0n) is 18.0. The molecule has 0 amide bonds. The number of nitrogens with zero attached hydrogens (tertiary/aromatic N) is 9. The molecule has 0 unspecified atom stereocenters. The largest absolute Gasteiger partial charge is 0.225 e. The number of aryl methyl sites for hydroxylation is 3. The van der Waals surface area contributed by atoms with E-state index in [1.165, 1.54) is 38.0 Å². The van der Waals surface area contributed by atoms with E-state index in [0.717, 1.165) is 17.5 Å². The summed E-state index contributed by atoms with van der Waals surface area (Å²) in [6.45, 7) is 17.5. The molecule has 0 aliphatic carbocycles. The molecular formula is C18H33N9. The van der Waals surface area contributed by atoms with E-state index >= 15 is 0 Å². The molecule has 0 bridgehead atoms. The third-order valence-corrected chi connectivity index (χ3v) is 1.87. The van der Waals surface area contributed by atoms with Gasteiger partial charge in [0.05, 0.1) is 0 Å². The summed E-state index contributed by atoms with van der Waals surface area (Å²) >= 11 is 0. The predicted octanol–water partition coefficient (Wildman–Crippen LogP) is 3.62. The molecule has 0 fully saturated rings. The van der Waals surface area contributed by atoms with Crippen molar-refractivity contribution in [2.24, 2.45) is 0 Å². The van der Waals surface area contributed by atoms with E-state index in [0.29, 0.717) is 0 Å². The van der Waals surface area contributed by atoms with Gasteiger partial charge in [-0.3, -0.25) is 0 Å². The zero-order chi connectivity index (χ0) is 21.3. The molecule has 0 aliphatic rings. The summed E-state index contributed by atoms with van der Waals surface area (Å²) in [5.74, 6) is 2.28. The van der Waals surface area contributed by atoms with Gasteiger partial charge >= 0.3 is 0 Å². The lowest BCUT2D eigenvalue weighted by Crippen LogP contribution is -1.84. The Balaban J connectivity index is -0.000000281. The third-order valence-electron chi connectivity index (χ3n) is 1.87. The van der Waals surface area contributed by atoms with Crippen molar-refractivity contribution in [1.29, 1.82) is 0 Å². The Kier molecular flexibility index (Phi) is 27.0. The second kappa shape index (κ2) is 25.3. The molecule has 0 aromatic carbocycles. The van der Waals surface area contributed by atoms with Crippen LogP contribution < -0.4 is 0 Å². The second-order valence-corrected chi connectivity index (χ2v) is 3.56. The van der Waals surface area contributed by atoms with Crippen molar-refractivity contribution in [2.45, 2.75) is 62.3 Å². The predicted molar refractivity (Wildman–Crippen MR) is 108 cm³/mol. The standard InChI is InChI=1S/3C4H5N3.3C2H6/c3*1-4-6-2-5-3-7-4;3*1-2/h3*2-3H,1H3;3*1-2H3. The Labute approximate surface area is 163 Å². The summed E-state index contributed by atoms with van der Waals surface area (Å²) < 4.78 is 0. The van der Waals surface area contributed by atoms with Crippen molar-refractivity contribution in [1.82, 2.24) is 44.9 Å². The molecule has 0 saturated carbocycles. The first-order valence-electron chi connectivity index (χ1n) is 8.94. The molecule has 150 valence electrons. The molecule has 3 rings (SSSR count). The molecule has 0 N–H and O–H groups in total. The van der Waals surface area contributed by atoms with Gasteiger partial charge in [0.15, 0.2) is 0 Å². The average molecular weight is 376 g/mol. The van der Waals surface area contributed by atoms with Crippen molar-refractivity contribution in [3.05, 3.63) is 55.4 Å². The fraction of sp³-hybridized carbons (Fsp3) is 0.500. The second-order valence-electron chi connectivity index (χ2n) is 3.56. The van der Waals surface area contributed by atoms with Crippen molar-refractivity contribution in [2.75, 3.05) is 0 Å². The first-order valence-corrected chi connectivity index (χ1v) is 8.94. The molecule has 9 heteroatoms. The smallest absolute Gasteiger partial charge is 0.128 e. The monoisotopic (exact) mass is 375 g/mol. The van der Waals surface area contributed by atoms with Gasteiger partial charge in [-0.1, -0.05) is 41.5 Å². The molecule has 0 radical (unpaired) electrons. The van der Waals surface area contributed by atoms with Gasteiger partial charge < -0.3 is 0 Å². The normalized spacial score (nSPS) is 7.44. The highest BCUT2D eigenvalue weighted by atomic mass is 15.0. The van der Waals surface area contributed by atoms with Crippen LogP contribution in [0.5, 0.6) is 0 Å². The van der Waals surface area contributed by atoms with Crippen LogP contribution in [0.15, 0.2) is 38.0 Å². The van der Waals surface area contributed by atoms with Crippen LogP contribution in [0.4, 0.5) is 0 Å². The molecular weight excluding hydrogens is 342 g/mol. The maximum Gasteiger partial charge on any atom is 0.128 e. The van der Waals surface area contributed by atoms with E-state index in [2.05, 4.69) is 44.9 Å². The van der Waals surface area contributed by atoms with Crippen LogP contribution in [0.3, 0.4) is 0 Å². The lowest BCUT2D eigenvalue weighted by molar-refractivity contribution is 0.973. The van der Waals surface area contributed by atoms with Crippen molar-refractivity contribution in [3.63, 3.8) is 0 Å². The molecule has 27 heavy (non-hydrogen) atoms. The van der Waals surface area contributed by atoms with E-state index in [9.17, 15) is 0 Å². The lowest BCUT2D eigenvalue weighted by Gasteiger charge is -1.80. The Bertz CT molecular complexity index is 504. The fourth-order valence-electron chi connectivity index (χ4n) is 0.891. The minimum atomic E-state index is 0.759. The number of hydrogen-bond acceptors (Lipinski definition) is 9. The van der Waals surface area contributed by atoms with Gasteiger partial charge in [-0.2, -0.15) is 0 Å². The van der Waals surface area contributed by atoms with Gasteiger partial charge in [-0.15, -0.1) is 0 Å². The Hall–Kier alpha value is -2.97. The molecule has 0 atom stereocenters. The summed E-state index contributed by atoms with van der Waals surface area (Å²) in [5.41, 5.74) is 0. The van der Waals surface area contributed by atoms with Gasteiger partial charge in [-0.25, -0.2) is 44.9 Å². The zero-order valence-corrected chi connectivity index (χ0v) is 18.0. The summed E-state index contributed by atoms with van der Waals surface area (Å²) in [6, 6.07) is 0. The van der Waals surface area contributed by atoms with Crippen molar-refractivity contribution >= 4 is 0 Å². The highest BCUT2D eigenvalue weighted by molar-refractivity contribution is 4.74. The minimum Gasteiger partial charge on any atom is -0.225 e. The van der Waals surface area contributed by atoms with Crippen LogP contribution in [-0.2, 0) is 0 Å². The molecule has 3 aromatic rings. The van der Waals surface area contributed by atoms with Gasteiger partial charge in [0, 0.05) is 0 Å². The van der Waals surface area contributed by atoms with Crippen LogP contribution in [0, 0.1) is 20.8 Å². The summed E-state index contributed by atoms with van der Waals surface area (Å²) in [5, 5.41) is 0. The highest BCUT2D eigenvalue weighted by Crippen LogP contribution is 1.75. The molecule has 3 aromatic heterocycles. The van der Waals surface area contributed by atoms with Crippen LogP contribution in [0.2, 0.25) is 0 Å². The fourth-order valence-corrected chi connectivity index (χ4v) is 0.891. The van der Waals surface area contributed by atoms with E-state index < -0.39 is 0 Å². The van der Waals surface area contributed by atoms with Gasteiger partial charge in [0.25, 0.3) is 0 Å². The van der Waals surface area contributed by atoms with Crippen molar-refractivity contribution in [3.8, 4) is 0 Å². The number of hydrogen-bond donors (Lipinski definition) is 0. The Morgan fingerprint density at radius 3 is 0.593 bits per heavy atom. The maximum atomic E-state index is 3.76.